The highest BCUT2D eigenvalue weighted by Crippen LogP contribution is 2.29. The molecule has 1 unspecified atom stereocenters. The van der Waals surface area contributed by atoms with Crippen molar-refractivity contribution in [2.75, 3.05) is 26.2 Å². The first-order valence-corrected chi connectivity index (χ1v) is 12.9. The van der Waals surface area contributed by atoms with Crippen LogP contribution >= 0.6 is 22.9 Å². The summed E-state index contributed by atoms with van der Waals surface area (Å²) in [6.45, 7) is 4.87. The van der Waals surface area contributed by atoms with Gasteiger partial charge in [-0.05, 0) is 55.4 Å². The molecule has 1 amide bonds. The molecule has 0 aliphatic carbocycles. The van der Waals surface area contributed by atoms with Crippen molar-refractivity contribution in [3.63, 3.8) is 0 Å². The number of thiophene rings is 1. The Morgan fingerprint density at radius 1 is 1.23 bits per heavy atom. The number of carbonyl (C=O) groups excluding carboxylic acids is 1. The molecule has 1 aromatic carbocycles. The van der Waals surface area contributed by atoms with E-state index in [0.29, 0.717) is 6.54 Å². The number of nitrogens with one attached hydrogen (secondary N) is 2. The van der Waals surface area contributed by atoms with Gasteiger partial charge in [-0.2, -0.15) is 0 Å². The van der Waals surface area contributed by atoms with Gasteiger partial charge in [0.05, 0.1) is 11.1 Å². The van der Waals surface area contributed by atoms with E-state index >= 15 is 0 Å². The summed E-state index contributed by atoms with van der Waals surface area (Å²) in [6.07, 6.45) is 2.40. The van der Waals surface area contributed by atoms with Crippen LogP contribution in [0.25, 0.3) is 0 Å². The molecule has 1 aromatic heterocycles. The third-order valence-corrected chi connectivity index (χ3v) is 8.33. The van der Waals surface area contributed by atoms with Crippen LogP contribution in [0.3, 0.4) is 0 Å². The first kappa shape index (κ1) is 23.2. The smallest absolute Gasteiger partial charge is 0.242 e. The average molecular weight is 470 g/mol. The zero-order valence-corrected chi connectivity index (χ0v) is 19.4. The third-order valence-electron chi connectivity index (χ3n) is 5.39. The average Bonchev–Trinajstić information content (AvgIpc) is 3.24. The standard InChI is InChI=1S/C21H28ClN3O3S2/c1-16-9-12-25(13-10-16)18(19-6-4-14-29-19)15-23-21(26)8-11-24-30(27,28)20-7-3-2-5-17(20)22/h2-7,14,16,18,24H,8-13,15H2,1H3,(H,23,26). The summed E-state index contributed by atoms with van der Waals surface area (Å²) in [5.41, 5.74) is 0. The van der Waals surface area contributed by atoms with Crippen molar-refractivity contribution < 1.29 is 13.2 Å². The van der Waals surface area contributed by atoms with Gasteiger partial charge in [0.2, 0.25) is 15.9 Å². The SMILES string of the molecule is CC1CCN(C(CNC(=O)CCNS(=O)(=O)c2ccccc2Cl)c2cccs2)CC1. The molecule has 2 N–H and O–H groups in total. The van der Waals surface area contributed by atoms with Gasteiger partial charge >= 0.3 is 0 Å². The van der Waals surface area contributed by atoms with Crippen LogP contribution in [0.2, 0.25) is 5.02 Å². The maximum Gasteiger partial charge on any atom is 0.242 e. The molecule has 9 heteroatoms. The Bertz CT molecular complexity index is 927. The van der Waals surface area contributed by atoms with Crippen LogP contribution in [0, 0.1) is 5.92 Å². The molecule has 2 aromatic rings. The minimum absolute atomic E-state index is 0.0177. The van der Waals surface area contributed by atoms with Gasteiger partial charge in [0.25, 0.3) is 0 Å². The van der Waals surface area contributed by atoms with E-state index in [1.807, 2.05) is 6.07 Å². The minimum atomic E-state index is -3.74. The van der Waals surface area contributed by atoms with E-state index in [1.54, 1.807) is 23.5 Å². The summed E-state index contributed by atoms with van der Waals surface area (Å²) in [6, 6.07) is 10.5. The number of carbonyl (C=O) groups is 1. The van der Waals surface area contributed by atoms with Gasteiger partial charge in [-0.15, -0.1) is 11.3 Å². The van der Waals surface area contributed by atoms with Gasteiger partial charge in [-0.25, -0.2) is 13.1 Å². The second-order valence-corrected chi connectivity index (χ2v) is 10.8. The molecule has 30 heavy (non-hydrogen) atoms. The largest absolute Gasteiger partial charge is 0.354 e. The molecular formula is C21H28ClN3O3S2. The minimum Gasteiger partial charge on any atom is -0.354 e. The van der Waals surface area contributed by atoms with E-state index in [-0.39, 0.29) is 34.8 Å². The van der Waals surface area contributed by atoms with E-state index in [9.17, 15) is 13.2 Å². The van der Waals surface area contributed by atoms with Crippen LogP contribution in [0.5, 0.6) is 0 Å². The Balaban J connectivity index is 1.50. The zero-order valence-electron chi connectivity index (χ0n) is 17.0. The van der Waals surface area contributed by atoms with Crippen LogP contribution in [-0.4, -0.2) is 45.4 Å². The summed E-state index contributed by atoms with van der Waals surface area (Å²) >= 11 is 7.66. The van der Waals surface area contributed by atoms with Crippen molar-refractivity contribution in [3.8, 4) is 0 Å². The van der Waals surface area contributed by atoms with Gasteiger partial charge in [-0.3, -0.25) is 9.69 Å². The molecule has 1 aliphatic rings. The Hall–Kier alpha value is -1.45. The molecular weight excluding hydrogens is 442 g/mol. The predicted octanol–water partition coefficient (Wildman–Crippen LogP) is 3.66. The quantitative estimate of drug-likeness (QED) is 0.587. The highest BCUT2D eigenvalue weighted by Gasteiger charge is 2.26. The predicted molar refractivity (Wildman–Crippen MR) is 121 cm³/mol. The fourth-order valence-electron chi connectivity index (χ4n) is 3.57. The molecule has 164 valence electrons. The summed E-state index contributed by atoms with van der Waals surface area (Å²) in [7, 11) is -3.74. The summed E-state index contributed by atoms with van der Waals surface area (Å²) in [4.78, 5) is 16.0. The van der Waals surface area contributed by atoms with E-state index in [0.717, 1.165) is 19.0 Å². The Morgan fingerprint density at radius 2 is 1.97 bits per heavy atom. The number of rotatable bonds is 9. The highest BCUT2D eigenvalue weighted by molar-refractivity contribution is 7.89. The van der Waals surface area contributed by atoms with Crippen molar-refractivity contribution in [1.82, 2.24) is 14.9 Å². The number of benzene rings is 1. The maximum absolute atomic E-state index is 12.4. The molecule has 1 saturated heterocycles. The molecule has 1 aliphatic heterocycles. The van der Waals surface area contributed by atoms with Gasteiger partial charge in [0.1, 0.15) is 4.90 Å². The maximum atomic E-state index is 12.4. The Morgan fingerprint density at radius 3 is 2.63 bits per heavy atom. The number of halogens is 1. The lowest BCUT2D eigenvalue weighted by atomic mass is 9.97. The third kappa shape index (κ3) is 6.28. The number of sulfonamides is 1. The number of likely N-dealkylation sites (tertiary alicyclic amines) is 1. The molecule has 6 nitrogen and oxygen atoms in total. The number of piperidine rings is 1. The summed E-state index contributed by atoms with van der Waals surface area (Å²) in [5.74, 6) is 0.565. The molecule has 0 spiro atoms. The number of amides is 1. The van der Waals surface area contributed by atoms with Crippen LogP contribution < -0.4 is 10.0 Å². The fraction of sp³-hybridized carbons (Fsp3) is 0.476. The van der Waals surface area contributed by atoms with Crippen LogP contribution in [-0.2, 0) is 14.8 Å². The summed E-state index contributed by atoms with van der Waals surface area (Å²) < 4.78 is 27.2. The number of hydrogen-bond acceptors (Lipinski definition) is 5. The van der Waals surface area contributed by atoms with Crippen molar-refractivity contribution >= 4 is 38.9 Å². The van der Waals surface area contributed by atoms with Crippen LogP contribution in [0.4, 0.5) is 0 Å². The second-order valence-electron chi connectivity index (χ2n) is 7.63. The van der Waals surface area contributed by atoms with E-state index in [2.05, 4.69) is 33.3 Å². The highest BCUT2D eigenvalue weighted by atomic mass is 35.5. The molecule has 0 radical (unpaired) electrons. The van der Waals surface area contributed by atoms with Gasteiger partial charge in [0.15, 0.2) is 0 Å². The molecule has 1 fully saturated rings. The van der Waals surface area contributed by atoms with Crippen LogP contribution in [0.15, 0.2) is 46.7 Å². The lowest BCUT2D eigenvalue weighted by molar-refractivity contribution is -0.121. The van der Waals surface area contributed by atoms with Gasteiger partial charge in [0, 0.05) is 24.4 Å². The van der Waals surface area contributed by atoms with Crippen molar-refractivity contribution in [1.29, 1.82) is 0 Å². The Labute approximate surface area is 187 Å². The lowest BCUT2D eigenvalue weighted by Crippen LogP contribution is -2.42. The molecule has 3 rings (SSSR count). The van der Waals surface area contributed by atoms with Crippen LogP contribution in [0.1, 0.15) is 37.1 Å². The van der Waals surface area contributed by atoms with Crippen molar-refractivity contribution in [3.05, 3.63) is 51.7 Å². The number of nitrogens with zero attached hydrogens (tertiary/aromatic N) is 1. The van der Waals surface area contributed by atoms with E-state index < -0.39 is 10.0 Å². The molecule has 0 bridgehead atoms. The van der Waals surface area contributed by atoms with E-state index in [1.165, 1.54) is 29.9 Å². The molecule has 1 atom stereocenters. The topological polar surface area (TPSA) is 78.5 Å². The molecule has 0 saturated carbocycles. The normalized spacial score (nSPS) is 17.0. The lowest BCUT2D eigenvalue weighted by Gasteiger charge is -2.36. The van der Waals surface area contributed by atoms with E-state index in [4.69, 9.17) is 11.6 Å². The summed E-state index contributed by atoms with van der Waals surface area (Å²) in [5, 5.41) is 5.19. The Kier molecular flexibility index (Phi) is 8.30. The van der Waals surface area contributed by atoms with Gasteiger partial charge < -0.3 is 5.32 Å². The monoisotopic (exact) mass is 469 g/mol. The van der Waals surface area contributed by atoms with Crippen molar-refractivity contribution in [2.45, 2.75) is 37.1 Å². The molecule has 2 heterocycles. The first-order chi connectivity index (χ1) is 14.4. The van der Waals surface area contributed by atoms with Gasteiger partial charge in [-0.1, -0.05) is 36.7 Å². The van der Waals surface area contributed by atoms with Crippen molar-refractivity contribution in [2.24, 2.45) is 5.92 Å². The second kappa shape index (κ2) is 10.7. The zero-order chi connectivity index (χ0) is 21.6. The first-order valence-electron chi connectivity index (χ1n) is 10.1. The fourth-order valence-corrected chi connectivity index (χ4v) is 5.98. The number of hydrogen-bond donors (Lipinski definition) is 2.